The second kappa shape index (κ2) is 10.6. The zero-order valence-corrected chi connectivity index (χ0v) is 10.8. The summed E-state index contributed by atoms with van der Waals surface area (Å²) in [5.74, 6) is 0. The van der Waals surface area contributed by atoms with Gasteiger partial charge in [-0.1, -0.05) is 13.0 Å². The van der Waals surface area contributed by atoms with Gasteiger partial charge in [0.25, 0.3) is 0 Å². The van der Waals surface area contributed by atoms with E-state index in [0.29, 0.717) is 0 Å². The van der Waals surface area contributed by atoms with Gasteiger partial charge < -0.3 is 9.47 Å². The molecule has 0 aliphatic rings. The lowest BCUT2D eigenvalue weighted by atomic mass is 10.3. The van der Waals surface area contributed by atoms with E-state index in [1.54, 1.807) is 0 Å². The summed E-state index contributed by atoms with van der Waals surface area (Å²) in [4.78, 5) is 4.10. The normalized spacial score (nSPS) is 9.81. The second-order valence-electron chi connectivity index (χ2n) is 3.15. The first-order valence-electron chi connectivity index (χ1n) is 5.87. The van der Waals surface area contributed by atoms with Crippen LogP contribution in [0.25, 0.3) is 0 Å². The smallest absolute Gasteiger partial charge is 0.154 e. The molecular formula is C13H23NO2. The van der Waals surface area contributed by atoms with E-state index in [-0.39, 0.29) is 6.29 Å². The summed E-state index contributed by atoms with van der Waals surface area (Å²) in [6, 6.07) is 5.96. The Kier molecular flexibility index (Phi) is 9.97. The van der Waals surface area contributed by atoms with E-state index in [1.807, 2.05) is 45.2 Å². The molecule has 0 amide bonds. The van der Waals surface area contributed by atoms with Crippen LogP contribution in [0.5, 0.6) is 0 Å². The van der Waals surface area contributed by atoms with Gasteiger partial charge in [0.05, 0.1) is 0 Å². The fourth-order valence-electron chi connectivity index (χ4n) is 1.12. The number of nitrogens with zero attached hydrogens (tertiary/aromatic N) is 1. The molecule has 0 aromatic carbocycles. The maximum Gasteiger partial charge on any atom is 0.154 e. The molecule has 1 aromatic heterocycles. The lowest BCUT2D eigenvalue weighted by Gasteiger charge is -2.09. The largest absolute Gasteiger partial charge is 0.353 e. The summed E-state index contributed by atoms with van der Waals surface area (Å²) >= 11 is 0. The number of hydrogen-bond donors (Lipinski definition) is 0. The molecule has 1 heterocycles. The number of pyridine rings is 1. The van der Waals surface area contributed by atoms with Crippen molar-refractivity contribution in [3.63, 3.8) is 0 Å². The molecule has 0 N–H and O–H groups in total. The number of hydrogen-bond acceptors (Lipinski definition) is 3. The van der Waals surface area contributed by atoms with Crippen molar-refractivity contribution in [2.24, 2.45) is 0 Å². The zero-order valence-electron chi connectivity index (χ0n) is 10.8. The van der Waals surface area contributed by atoms with Gasteiger partial charge in [-0.2, -0.15) is 0 Å². The molecule has 0 radical (unpaired) electrons. The van der Waals surface area contributed by atoms with Crippen molar-refractivity contribution in [2.75, 3.05) is 13.2 Å². The third kappa shape index (κ3) is 8.38. The molecule has 0 saturated heterocycles. The van der Waals surface area contributed by atoms with E-state index in [0.717, 1.165) is 25.3 Å². The highest BCUT2D eigenvalue weighted by Crippen LogP contribution is 1.91. The van der Waals surface area contributed by atoms with Crippen molar-refractivity contribution < 1.29 is 9.47 Å². The fraction of sp³-hybridized carbons (Fsp3) is 0.615. The third-order valence-corrected chi connectivity index (χ3v) is 1.89. The fourth-order valence-corrected chi connectivity index (χ4v) is 1.12. The van der Waals surface area contributed by atoms with Crippen molar-refractivity contribution in [3.05, 3.63) is 30.1 Å². The minimum Gasteiger partial charge on any atom is -0.353 e. The Labute approximate surface area is 98.8 Å². The predicted molar refractivity (Wildman–Crippen MR) is 66.3 cm³/mol. The maximum absolute atomic E-state index is 5.06. The molecule has 3 nitrogen and oxygen atoms in total. The van der Waals surface area contributed by atoms with E-state index in [9.17, 15) is 0 Å². The highest BCUT2D eigenvalue weighted by molar-refractivity contribution is 5.02. The first-order valence-corrected chi connectivity index (χ1v) is 5.87. The molecule has 0 bridgehead atoms. The monoisotopic (exact) mass is 225 g/mol. The van der Waals surface area contributed by atoms with Crippen molar-refractivity contribution >= 4 is 0 Å². The summed E-state index contributed by atoms with van der Waals surface area (Å²) in [6.45, 7) is 9.35. The predicted octanol–water partition coefficient (Wildman–Crippen LogP) is 3.05. The number of aromatic nitrogens is 1. The van der Waals surface area contributed by atoms with Gasteiger partial charge in [0.2, 0.25) is 0 Å². The summed E-state index contributed by atoms with van der Waals surface area (Å²) in [7, 11) is 0. The Bertz CT molecular complexity index is 233. The molecule has 0 aliphatic carbocycles. The first-order chi connectivity index (χ1) is 7.74. The minimum absolute atomic E-state index is 0.0370. The molecule has 0 saturated carbocycles. The molecule has 0 fully saturated rings. The van der Waals surface area contributed by atoms with Gasteiger partial charge in [-0.15, -0.1) is 0 Å². The van der Waals surface area contributed by atoms with E-state index >= 15 is 0 Å². The van der Waals surface area contributed by atoms with Crippen LogP contribution in [0.1, 0.15) is 33.4 Å². The van der Waals surface area contributed by atoms with E-state index < -0.39 is 0 Å². The van der Waals surface area contributed by atoms with Crippen LogP contribution in [0, 0.1) is 0 Å². The molecular weight excluding hydrogens is 202 g/mol. The van der Waals surface area contributed by atoms with E-state index in [2.05, 4.69) is 11.9 Å². The van der Waals surface area contributed by atoms with Gasteiger partial charge >= 0.3 is 0 Å². The maximum atomic E-state index is 5.06. The Hall–Kier alpha value is -0.930. The van der Waals surface area contributed by atoms with Crippen LogP contribution in [0.2, 0.25) is 0 Å². The molecule has 0 atom stereocenters. The van der Waals surface area contributed by atoms with Crippen LogP contribution in [0.3, 0.4) is 0 Å². The average Bonchev–Trinajstić information content (AvgIpc) is 2.32. The summed E-state index contributed by atoms with van der Waals surface area (Å²) < 4.78 is 10.1. The Morgan fingerprint density at radius 2 is 1.75 bits per heavy atom. The van der Waals surface area contributed by atoms with Crippen LogP contribution in [-0.2, 0) is 15.9 Å². The summed E-state index contributed by atoms with van der Waals surface area (Å²) in [5, 5.41) is 0. The Morgan fingerprint density at radius 3 is 2.06 bits per heavy atom. The molecule has 0 unspecified atom stereocenters. The zero-order chi connectivity index (χ0) is 12.2. The molecule has 92 valence electrons. The molecule has 3 heteroatoms. The molecule has 0 aliphatic heterocycles. The minimum atomic E-state index is -0.0370. The van der Waals surface area contributed by atoms with E-state index in [4.69, 9.17) is 9.47 Å². The molecule has 0 spiro atoms. The summed E-state index contributed by atoms with van der Waals surface area (Å²) in [5.41, 5.74) is 1.16. The van der Waals surface area contributed by atoms with Gasteiger partial charge in [0.15, 0.2) is 6.29 Å². The quantitative estimate of drug-likeness (QED) is 0.722. The first kappa shape index (κ1) is 15.1. The van der Waals surface area contributed by atoms with Crippen LogP contribution < -0.4 is 0 Å². The Morgan fingerprint density at radius 1 is 1.12 bits per heavy atom. The van der Waals surface area contributed by atoms with Gasteiger partial charge in [-0.3, -0.25) is 4.98 Å². The lowest BCUT2D eigenvalue weighted by molar-refractivity contribution is -0.123. The van der Waals surface area contributed by atoms with Crippen LogP contribution in [0.15, 0.2) is 24.4 Å². The van der Waals surface area contributed by atoms with Crippen LogP contribution in [0.4, 0.5) is 0 Å². The molecule has 16 heavy (non-hydrogen) atoms. The van der Waals surface area contributed by atoms with Crippen molar-refractivity contribution in [2.45, 2.75) is 40.4 Å². The standard InChI is InChI=1S/C7H9N.C6H14O2/c1-2-7-5-3-4-6-8-7;1-4-7-6(3)8-5-2/h3-6H,2H2,1H3;6H,4-5H2,1-3H3. The lowest BCUT2D eigenvalue weighted by Crippen LogP contribution is -2.11. The van der Waals surface area contributed by atoms with Crippen LogP contribution in [-0.4, -0.2) is 24.5 Å². The van der Waals surface area contributed by atoms with Gasteiger partial charge in [-0.25, -0.2) is 0 Å². The van der Waals surface area contributed by atoms with Crippen LogP contribution >= 0.6 is 0 Å². The molecule has 1 rings (SSSR count). The van der Waals surface area contributed by atoms with Crippen molar-refractivity contribution in [1.29, 1.82) is 0 Å². The van der Waals surface area contributed by atoms with Gasteiger partial charge in [0.1, 0.15) is 0 Å². The topological polar surface area (TPSA) is 31.4 Å². The highest BCUT2D eigenvalue weighted by Gasteiger charge is 1.94. The second-order valence-corrected chi connectivity index (χ2v) is 3.15. The summed E-state index contributed by atoms with van der Waals surface area (Å²) in [6.07, 6.45) is 2.81. The van der Waals surface area contributed by atoms with Gasteiger partial charge in [-0.05, 0) is 39.3 Å². The number of ether oxygens (including phenoxy) is 2. The SMILES string of the molecule is CCOC(C)OCC.CCc1ccccn1. The van der Waals surface area contributed by atoms with Crippen molar-refractivity contribution in [3.8, 4) is 0 Å². The molecule has 1 aromatic rings. The highest BCUT2D eigenvalue weighted by atomic mass is 16.7. The Balaban J connectivity index is 0.000000281. The van der Waals surface area contributed by atoms with E-state index in [1.165, 1.54) is 0 Å². The average molecular weight is 225 g/mol. The third-order valence-electron chi connectivity index (χ3n) is 1.89. The number of aryl methyl sites for hydroxylation is 1. The van der Waals surface area contributed by atoms with Crippen molar-refractivity contribution in [1.82, 2.24) is 4.98 Å². The number of rotatable bonds is 5. The van der Waals surface area contributed by atoms with Gasteiger partial charge in [0, 0.05) is 25.1 Å².